The van der Waals surface area contributed by atoms with Gasteiger partial charge in [0, 0.05) is 12.2 Å². The van der Waals surface area contributed by atoms with E-state index in [4.69, 9.17) is 9.47 Å². The zero-order chi connectivity index (χ0) is 13.5. The average molecular weight is 262 g/mol. The fraction of sp³-hybridized carbons (Fsp3) is 0.357. The van der Waals surface area contributed by atoms with Crippen LogP contribution in [-0.2, 0) is 20.8 Å². The molecule has 0 bridgehead atoms. The summed E-state index contributed by atoms with van der Waals surface area (Å²) < 4.78 is 10.3. The van der Waals surface area contributed by atoms with Crippen molar-refractivity contribution in [3.8, 4) is 0 Å². The van der Waals surface area contributed by atoms with Gasteiger partial charge in [0.15, 0.2) is 0 Å². The Labute approximate surface area is 112 Å². The maximum Gasteiger partial charge on any atom is 0.294 e. The van der Waals surface area contributed by atoms with E-state index in [2.05, 4.69) is 17.6 Å². The first kappa shape index (κ1) is 13.4. The lowest BCUT2D eigenvalue weighted by Gasteiger charge is -2.15. The van der Waals surface area contributed by atoms with Crippen molar-refractivity contribution < 1.29 is 14.3 Å². The van der Waals surface area contributed by atoms with Gasteiger partial charge in [-0.3, -0.25) is 4.79 Å². The second-order valence-electron chi connectivity index (χ2n) is 4.14. The standard InChI is InChI=1S/C14H18N2O3/c1-2-15-9-11-4-3-5-12(8-11)16-14(17)13-10-18-6-7-19-13/h3-5,8,10,15H,2,6-7,9H2,1H3,(H,16,17). The molecule has 1 aromatic rings. The predicted octanol–water partition coefficient (Wildman–Crippen LogP) is 1.62. The molecule has 0 unspecified atom stereocenters. The minimum Gasteiger partial charge on any atom is -0.494 e. The SMILES string of the molecule is CCNCc1cccc(NC(=O)C2=COCCO2)c1. The van der Waals surface area contributed by atoms with Crippen molar-refractivity contribution >= 4 is 11.6 Å². The number of ether oxygens (including phenoxy) is 2. The smallest absolute Gasteiger partial charge is 0.294 e. The van der Waals surface area contributed by atoms with Crippen LogP contribution in [0.1, 0.15) is 12.5 Å². The molecule has 5 heteroatoms. The van der Waals surface area contributed by atoms with E-state index in [1.165, 1.54) is 6.26 Å². The number of carbonyl (C=O) groups is 1. The Hall–Kier alpha value is -2.01. The summed E-state index contributed by atoms with van der Waals surface area (Å²) in [5.74, 6) is -0.0800. The van der Waals surface area contributed by atoms with Crippen molar-refractivity contribution in [1.29, 1.82) is 0 Å². The third-order valence-electron chi connectivity index (χ3n) is 2.64. The second-order valence-corrected chi connectivity index (χ2v) is 4.14. The fourth-order valence-electron chi connectivity index (χ4n) is 1.71. The van der Waals surface area contributed by atoms with E-state index >= 15 is 0 Å². The van der Waals surface area contributed by atoms with Crippen LogP contribution in [0.4, 0.5) is 5.69 Å². The number of rotatable bonds is 5. The summed E-state index contributed by atoms with van der Waals surface area (Å²) in [4.78, 5) is 11.9. The average Bonchev–Trinajstić information content (AvgIpc) is 2.46. The van der Waals surface area contributed by atoms with E-state index in [0.717, 1.165) is 24.3 Å². The van der Waals surface area contributed by atoms with Crippen molar-refractivity contribution in [2.75, 3.05) is 25.1 Å². The third kappa shape index (κ3) is 3.99. The van der Waals surface area contributed by atoms with Gasteiger partial charge in [-0.05, 0) is 24.2 Å². The van der Waals surface area contributed by atoms with Crippen LogP contribution in [0.15, 0.2) is 36.3 Å². The van der Waals surface area contributed by atoms with Gasteiger partial charge in [0.2, 0.25) is 5.76 Å². The minimum absolute atomic E-state index is 0.211. The summed E-state index contributed by atoms with van der Waals surface area (Å²) in [7, 11) is 0. The number of hydrogen-bond acceptors (Lipinski definition) is 4. The maximum absolute atomic E-state index is 11.9. The summed E-state index contributed by atoms with van der Waals surface area (Å²) >= 11 is 0. The number of nitrogens with one attached hydrogen (secondary N) is 2. The maximum atomic E-state index is 11.9. The first-order chi connectivity index (χ1) is 9.29. The molecule has 102 valence electrons. The lowest BCUT2D eigenvalue weighted by Crippen LogP contribution is -2.21. The van der Waals surface area contributed by atoms with Crippen LogP contribution >= 0.6 is 0 Å². The van der Waals surface area contributed by atoms with Crippen LogP contribution in [0.2, 0.25) is 0 Å². The van der Waals surface area contributed by atoms with E-state index in [-0.39, 0.29) is 11.7 Å². The molecule has 19 heavy (non-hydrogen) atoms. The van der Waals surface area contributed by atoms with E-state index in [1.807, 2.05) is 24.3 Å². The Kier molecular flexibility index (Phi) is 4.80. The number of amides is 1. The Morgan fingerprint density at radius 1 is 1.37 bits per heavy atom. The number of benzene rings is 1. The van der Waals surface area contributed by atoms with E-state index in [0.29, 0.717) is 13.2 Å². The second kappa shape index (κ2) is 6.80. The first-order valence-electron chi connectivity index (χ1n) is 6.35. The number of anilines is 1. The summed E-state index contributed by atoms with van der Waals surface area (Å²) in [6.45, 7) is 4.63. The highest BCUT2D eigenvalue weighted by Crippen LogP contribution is 2.13. The lowest BCUT2D eigenvalue weighted by atomic mass is 10.2. The van der Waals surface area contributed by atoms with Crippen molar-refractivity contribution in [1.82, 2.24) is 5.32 Å². The molecule has 1 amide bonds. The molecule has 1 aliphatic heterocycles. The van der Waals surface area contributed by atoms with Gasteiger partial charge in [-0.15, -0.1) is 0 Å². The zero-order valence-corrected chi connectivity index (χ0v) is 10.9. The van der Waals surface area contributed by atoms with Crippen LogP contribution in [0.5, 0.6) is 0 Å². The molecule has 0 fully saturated rings. The predicted molar refractivity (Wildman–Crippen MR) is 72.4 cm³/mol. The highest BCUT2D eigenvalue weighted by Gasteiger charge is 2.15. The molecule has 0 spiro atoms. The van der Waals surface area contributed by atoms with Gasteiger partial charge in [-0.2, -0.15) is 0 Å². The molecule has 0 radical (unpaired) electrons. The van der Waals surface area contributed by atoms with Gasteiger partial charge >= 0.3 is 0 Å². The molecule has 1 aromatic carbocycles. The molecular formula is C14H18N2O3. The topological polar surface area (TPSA) is 59.6 Å². The van der Waals surface area contributed by atoms with E-state index in [9.17, 15) is 4.79 Å². The van der Waals surface area contributed by atoms with Crippen LogP contribution in [0.25, 0.3) is 0 Å². The van der Waals surface area contributed by atoms with Crippen molar-refractivity contribution in [3.63, 3.8) is 0 Å². The van der Waals surface area contributed by atoms with Gasteiger partial charge in [0.05, 0.1) is 0 Å². The van der Waals surface area contributed by atoms with Crippen LogP contribution in [0.3, 0.4) is 0 Å². The Morgan fingerprint density at radius 3 is 3.00 bits per heavy atom. The van der Waals surface area contributed by atoms with Gasteiger partial charge in [0.25, 0.3) is 5.91 Å². The molecule has 2 N–H and O–H groups in total. The van der Waals surface area contributed by atoms with Gasteiger partial charge in [-0.1, -0.05) is 19.1 Å². The van der Waals surface area contributed by atoms with Crippen LogP contribution in [-0.4, -0.2) is 25.7 Å². The van der Waals surface area contributed by atoms with E-state index in [1.54, 1.807) is 0 Å². The molecular weight excluding hydrogens is 244 g/mol. The molecule has 5 nitrogen and oxygen atoms in total. The third-order valence-corrected chi connectivity index (χ3v) is 2.64. The van der Waals surface area contributed by atoms with Gasteiger partial charge in [0.1, 0.15) is 19.5 Å². The molecule has 1 aliphatic rings. The summed E-state index contributed by atoms with van der Waals surface area (Å²) in [6, 6.07) is 7.70. The molecule has 0 saturated heterocycles. The van der Waals surface area contributed by atoms with Crippen molar-refractivity contribution in [3.05, 3.63) is 41.9 Å². The quantitative estimate of drug-likeness (QED) is 0.846. The highest BCUT2D eigenvalue weighted by molar-refractivity contribution is 6.02. The molecule has 0 saturated carbocycles. The first-order valence-corrected chi connectivity index (χ1v) is 6.35. The molecule has 1 heterocycles. The Bertz CT molecular complexity index is 472. The minimum atomic E-state index is -0.291. The zero-order valence-electron chi connectivity index (χ0n) is 10.9. The Balaban J connectivity index is 1.98. The normalized spacial score (nSPS) is 14.1. The van der Waals surface area contributed by atoms with Crippen molar-refractivity contribution in [2.24, 2.45) is 0 Å². The highest BCUT2D eigenvalue weighted by atomic mass is 16.6. The summed E-state index contributed by atoms with van der Waals surface area (Å²) in [5.41, 5.74) is 1.87. The molecule has 0 aliphatic carbocycles. The summed E-state index contributed by atoms with van der Waals surface area (Å²) in [6.07, 6.45) is 1.35. The molecule has 2 rings (SSSR count). The van der Waals surface area contributed by atoms with Gasteiger partial charge in [-0.25, -0.2) is 0 Å². The van der Waals surface area contributed by atoms with Crippen molar-refractivity contribution in [2.45, 2.75) is 13.5 Å². The fourth-order valence-corrected chi connectivity index (χ4v) is 1.71. The summed E-state index contributed by atoms with van der Waals surface area (Å²) in [5, 5.41) is 6.03. The number of carbonyl (C=O) groups excluding carboxylic acids is 1. The Morgan fingerprint density at radius 2 is 2.26 bits per heavy atom. The monoisotopic (exact) mass is 262 g/mol. The molecule has 0 aromatic heterocycles. The molecule has 0 atom stereocenters. The lowest BCUT2D eigenvalue weighted by molar-refractivity contribution is -0.117. The van der Waals surface area contributed by atoms with Crippen LogP contribution in [0, 0.1) is 0 Å². The van der Waals surface area contributed by atoms with Crippen LogP contribution < -0.4 is 10.6 Å². The van der Waals surface area contributed by atoms with Gasteiger partial charge < -0.3 is 20.1 Å². The number of hydrogen-bond donors (Lipinski definition) is 2. The van der Waals surface area contributed by atoms with E-state index < -0.39 is 0 Å². The largest absolute Gasteiger partial charge is 0.494 e.